The van der Waals surface area contributed by atoms with Gasteiger partial charge in [-0.2, -0.15) is 0 Å². The molecule has 0 fully saturated rings. The first-order valence-electron chi connectivity index (χ1n) is 5.21. The Morgan fingerprint density at radius 2 is 2.18 bits per heavy atom. The Labute approximate surface area is 122 Å². The molecule has 0 aromatic carbocycles. The van der Waals surface area contributed by atoms with Gasteiger partial charge >= 0.3 is 0 Å². The Balaban J connectivity index is 2.16. The Morgan fingerprint density at radius 1 is 1.35 bits per heavy atom. The minimum Gasteiger partial charge on any atom is -0.313 e. The zero-order valence-corrected chi connectivity index (χ0v) is 13.3. The van der Waals surface area contributed by atoms with E-state index in [9.17, 15) is 0 Å². The SMILES string of the molecule is CNC(Cc1ccc(Br)s1)c1cncc(Br)c1. The first kappa shape index (κ1) is 13.2. The third-order valence-corrected chi connectivity index (χ3v) is 4.59. The van der Waals surface area contributed by atoms with Crippen molar-refractivity contribution in [3.63, 3.8) is 0 Å². The Kier molecular flexibility index (Phi) is 4.73. The van der Waals surface area contributed by atoms with Gasteiger partial charge in [-0.3, -0.25) is 4.98 Å². The minimum absolute atomic E-state index is 0.297. The molecule has 5 heteroatoms. The van der Waals surface area contributed by atoms with Gasteiger partial charge in [0.05, 0.1) is 3.79 Å². The van der Waals surface area contributed by atoms with E-state index in [1.165, 1.54) is 14.2 Å². The van der Waals surface area contributed by atoms with Gasteiger partial charge in [0.2, 0.25) is 0 Å². The molecule has 0 bridgehead atoms. The molecule has 0 aliphatic rings. The molecule has 2 heterocycles. The molecule has 2 aromatic heterocycles. The molecule has 17 heavy (non-hydrogen) atoms. The maximum atomic E-state index is 4.21. The quantitative estimate of drug-likeness (QED) is 0.867. The molecule has 0 radical (unpaired) electrons. The normalized spacial score (nSPS) is 12.6. The summed E-state index contributed by atoms with van der Waals surface area (Å²) >= 11 is 8.72. The van der Waals surface area contributed by atoms with Gasteiger partial charge in [0.1, 0.15) is 0 Å². The van der Waals surface area contributed by atoms with Gasteiger partial charge in [-0.1, -0.05) is 0 Å². The van der Waals surface area contributed by atoms with Crippen molar-refractivity contribution in [2.24, 2.45) is 0 Å². The van der Waals surface area contributed by atoms with Crippen molar-refractivity contribution >= 4 is 43.2 Å². The number of thiophene rings is 1. The third-order valence-electron chi connectivity index (χ3n) is 2.51. The summed E-state index contributed by atoms with van der Waals surface area (Å²) in [5.74, 6) is 0. The second-order valence-corrected chi connectivity index (χ2v) is 7.15. The zero-order valence-electron chi connectivity index (χ0n) is 9.28. The van der Waals surface area contributed by atoms with Crippen LogP contribution in [0, 0.1) is 0 Å². The molecule has 0 spiro atoms. The molecule has 0 saturated carbocycles. The van der Waals surface area contributed by atoms with Crippen LogP contribution in [0.15, 0.2) is 38.9 Å². The van der Waals surface area contributed by atoms with E-state index in [0.29, 0.717) is 6.04 Å². The van der Waals surface area contributed by atoms with Crippen molar-refractivity contribution in [1.82, 2.24) is 10.3 Å². The summed E-state index contributed by atoms with van der Waals surface area (Å²) in [6.07, 6.45) is 4.69. The van der Waals surface area contributed by atoms with Crippen molar-refractivity contribution in [1.29, 1.82) is 0 Å². The van der Waals surface area contributed by atoms with Crippen LogP contribution in [-0.4, -0.2) is 12.0 Å². The monoisotopic (exact) mass is 374 g/mol. The summed E-state index contributed by atoms with van der Waals surface area (Å²) in [4.78, 5) is 5.56. The average molecular weight is 376 g/mol. The van der Waals surface area contributed by atoms with Crippen LogP contribution in [0.4, 0.5) is 0 Å². The molecular formula is C12H12Br2N2S. The lowest BCUT2D eigenvalue weighted by molar-refractivity contribution is 0.594. The Morgan fingerprint density at radius 3 is 2.76 bits per heavy atom. The molecule has 1 unspecified atom stereocenters. The molecule has 0 saturated heterocycles. The third kappa shape index (κ3) is 3.61. The van der Waals surface area contributed by atoms with Crippen molar-refractivity contribution < 1.29 is 0 Å². The molecule has 0 aliphatic heterocycles. The maximum Gasteiger partial charge on any atom is 0.0701 e. The highest BCUT2D eigenvalue weighted by molar-refractivity contribution is 9.11. The summed E-state index contributed by atoms with van der Waals surface area (Å²) in [5.41, 5.74) is 1.20. The molecular weight excluding hydrogens is 364 g/mol. The van der Waals surface area contributed by atoms with Crippen LogP contribution in [0.3, 0.4) is 0 Å². The van der Waals surface area contributed by atoms with Gasteiger partial charge in [-0.05, 0) is 62.7 Å². The number of hydrogen-bond acceptors (Lipinski definition) is 3. The smallest absolute Gasteiger partial charge is 0.0701 e. The molecule has 2 aromatic rings. The van der Waals surface area contributed by atoms with Crippen LogP contribution in [0.25, 0.3) is 0 Å². The number of likely N-dealkylation sites (N-methyl/N-ethyl adjacent to an activating group) is 1. The van der Waals surface area contributed by atoms with Gasteiger partial charge < -0.3 is 5.32 Å². The standard InChI is InChI=1S/C12H12Br2N2S/c1-15-11(5-10-2-3-12(14)17-10)8-4-9(13)7-16-6-8/h2-4,6-7,11,15H,5H2,1H3. The van der Waals surface area contributed by atoms with Crippen LogP contribution in [0.2, 0.25) is 0 Å². The fourth-order valence-corrected chi connectivity index (χ4v) is 3.58. The predicted molar refractivity (Wildman–Crippen MR) is 79.5 cm³/mol. The number of nitrogens with zero attached hydrogens (tertiary/aromatic N) is 1. The van der Waals surface area contributed by atoms with Gasteiger partial charge in [0.25, 0.3) is 0 Å². The Hall–Kier alpha value is -0.230. The number of aromatic nitrogens is 1. The lowest BCUT2D eigenvalue weighted by Crippen LogP contribution is -2.18. The first-order valence-corrected chi connectivity index (χ1v) is 7.61. The van der Waals surface area contributed by atoms with Gasteiger partial charge in [0, 0.05) is 34.2 Å². The minimum atomic E-state index is 0.297. The topological polar surface area (TPSA) is 24.9 Å². The van der Waals surface area contributed by atoms with Crippen LogP contribution < -0.4 is 5.32 Å². The Bertz CT molecular complexity index is 499. The van der Waals surface area contributed by atoms with E-state index in [-0.39, 0.29) is 0 Å². The van der Waals surface area contributed by atoms with Crippen molar-refractivity contribution in [2.75, 3.05) is 7.05 Å². The van der Waals surface area contributed by atoms with Crippen molar-refractivity contribution in [3.05, 3.63) is 49.3 Å². The highest BCUT2D eigenvalue weighted by atomic mass is 79.9. The largest absolute Gasteiger partial charge is 0.313 e. The van der Waals surface area contributed by atoms with Gasteiger partial charge in [0.15, 0.2) is 0 Å². The van der Waals surface area contributed by atoms with E-state index >= 15 is 0 Å². The summed E-state index contributed by atoms with van der Waals surface area (Å²) < 4.78 is 2.19. The molecule has 0 amide bonds. The van der Waals surface area contributed by atoms with Gasteiger partial charge in [-0.25, -0.2) is 0 Å². The van der Waals surface area contributed by atoms with Crippen molar-refractivity contribution in [2.45, 2.75) is 12.5 Å². The average Bonchev–Trinajstić information content (AvgIpc) is 2.72. The fraction of sp³-hybridized carbons (Fsp3) is 0.250. The van der Waals surface area contributed by atoms with E-state index < -0.39 is 0 Å². The van der Waals surface area contributed by atoms with Crippen LogP contribution in [-0.2, 0) is 6.42 Å². The number of rotatable bonds is 4. The van der Waals surface area contributed by atoms with E-state index in [1.54, 1.807) is 17.5 Å². The predicted octanol–water partition coefficient (Wildman–Crippen LogP) is 4.17. The van der Waals surface area contributed by atoms with E-state index in [4.69, 9.17) is 0 Å². The molecule has 1 N–H and O–H groups in total. The maximum absolute atomic E-state index is 4.21. The fourth-order valence-electron chi connectivity index (χ4n) is 1.67. The molecule has 90 valence electrons. The first-order chi connectivity index (χ1) is 8.19. The summed E-state index contributed by atoms with van der Waals surface area (Å²) in [6.45, 7) is 0. The van der Waals surface area contributed by atoms with E-state index in [0.717, 1.165) is 10.9 Å². The molecule has 2 nitrogen and oxygen atoms in total. The van der Waals surface area contributed by atoms with Crippen molar-refractivity contribution in [3.8, 4) is 0 Å². The summed E-state index contributed by atoms with van der Waals surface area (Å²) in [6, 6.07) is 6.65. The molecule has 1 atom stereocenters. The van der Waals surface area contributed by atoms with E-state index in [2.05, 4.69) is 60.4 Å². The second kappa shape index (κ2) is 6.09. The number of pyridine rings is 1. The van der Waals surface area contributed by atoms with Crippen LogP contribution >= 0.6 is 43.2 Å². The van der Waals surface area contributed by atoms with Gasteiger partial charge in [-0.15, -0.1) is 11.3 Å². The molecule has 0 aliphatic carbocycles. The summed E-state index contributed by atoms with van der Waals surface area (Å²) in [7, 11) is 1.98. The zero-order chi connectivity index (χ0) is 12.3. The highest BCUT2D eigenvalue weighted by Gasteiger charge is 2.12. The van der Waals surface area contributed by atoms with E-state index in [1.807, 2.05) is 13.2 Å². The number of halogens is 2. The lowest BCUT2D eigenvalue weighted by Gasteiger charge is -2.15. The van der Waals surface area contributed by atoms with Crippen LogP contribution in [0.5, 0.6) is 0 Å². The number of nitrogens with one attached hydrogen (secondary N) is 1. The van der Waals surface area contributed by atoms with Crippen LogP contribution in [0.1, 0.15) is 16.5 Å². The molecule has 2 rings (SSSR count). The second-order valence-electron chi connectivity index (χ2n) is 3.69. The number of hydrogen-bond donors (Lipinski definition) is 1. The summed E-state index contributed by atoms with van der Waals surface area (Å²) in [5, 5.41) is 3.33. The highest BCUT2D eigenvalue weighted by Crippen LogP contribution is 2.27. The lowest BCUT2D eigenvalue weighted by atomic mass is 10.1.